The van der Waals surface area contributed by atoms with Crippen LogP contribution in [0.2, 0.25) is 0 Å². The van der Waals surface area contributed by atoms with Crippen LogP contribution in [0.4, 0.5) is 0 Å². The fourth-order valence-electron chi connectivity index (χ4n) is 9.16. The van der Waals surface area contributed by atoms with Crippen LogP contribution in [0, 0.1) is 0 Å². The number of hydrogen-bond acceptors (Lipinski definition) is 8. The first-order chi connectivity index (χ1) is 45.0. The number of unbranched alkanes of at least 4 members (excludes halogenated alkanes) is 18. The van der Waals surface area contributed by atoms with Gasteiger partial charge in [-0.2, -0.15) is 0 Å². The summed E-state index contributed by atoms with van der Waals surface area (Å²) in [5.41, 5.74) is 0. The molecule has 2 unspecified atom stereocenters. The standard InChI is InChI=1S/C82H132NO8P/c1-6-8-10-12-14-16-18-20-22-24-26-28-30-32-34-35-36-37-38-39-40-41-42-43-44-45-46-47-49-51-53-55-57-59-61-63-65-67-69-71-73-75-82(85)91-80(79-90-92(86,87)89-77-76-83(3,4)5)78-88-81(84)74-72-70-68-66-64-62-60-58-56-54-52-50-48-33-31-29-27-25-23-21-19-17-15-13-11-9-7-2/h8-11,14-17,20-23,26-29,32,34,36-37,39-40,42-43,45-46,49,51,55,57,61,63,80H,6-7,12-13,18-19,24-25,30-31,33,35,38,41,44,47-48,50,52-54,56,58-60,62,64-79H2,1-5H3/b10-8-,11-9-,16-14-,17-15-,22-20-,23-21-,28-26-,29-27-,34-32-,37-36-,40-39-,43-42-,46-45-,51-49-,57-55-,63-61-. The van der Waals surface area contributed by atoms with Crippen LogP contribution in [0.25, 0.3) is 0 Å². The van der Waals surface area contributed by atoms with Gasteiger partial charge in [0.25, 0.3) is 7.82 Å². The number of phosphoric acid groups is 1. The van der Waals surface area contributed by atoms with Gasteiger partial charge in [0.1, 0.15) is 19.8 Å². The first-order valence-corrected chi connectivity index (χ1v) is 37.6. The van der Waals surface area contributed by atoms with Crippen molar-refractivity contribution in [3.63, 3.8) is 0 Å². The van der Waals surface area contributed by atoms with E-state index in [1.807, 2.05) is 21.1 Å². The van der Waals surface area contributed by atoms with Crippen molar-refractivity contribution >= 4 is 19.8 Å². The fourth-order valence-corrected chi connectivity index (χ4v) is 9.89. The van der Waals surface area contributed by atoms with Crippen molar-refractivity contribution in [3.05, 3.63) is 194 Å². The summed E-state index contributed by atoms with van der Waals surface area (Å²) in [6, 6.07) is 0. The maximum Gasteiger partial charge on any atom is 0.306 e. The third kappa shape index (κ3) is 73.9. The number of carbonyl (C=O) groups is 2. The molecule has 10 heteroatoms. The van der Waals surface area contributed by atoms with Crippen molar-refractivity contribution in [2.24, 2.45) is 0 Å². The summed E-state index contributed by atoms with van der Waals surface area (Å²) in [5, 5.41) is 0. The monoisotopic (exact) mass is 1290 g/mol. The Bertz CT molecular complexity index is 2260. The Labute approximate surface area is 564 Å². The van der Waals surface area contributed by atoms with E-state index in [0.717, 1.165) is 154 Å². The number of likely N-dealkylation sites (N-methyl/N-ethyl adjacent to an activating group) is 1. The number of phosphoric ester groups is 1. The van der Waals surface area contributed by atoms with Gasteiger partial charge in [0, 0.05) is 12.8 Å². The smallest absolute Gasteiger partial charge is 0.306 e. The number of carbonyl (C=O) groups excluding carboxylic acids is 2. The minimum absolute atomic E-state index is 0.0460. The van der Waals surface area contributed by atoms with Crippen LogP contribution in [-0.2, 0) is 32.7 Å². The number of ether oxygens (including phenoxy) is 2. The molecule has 0 rings (SSSR count). The maximum atomic E-state index is 12.9. The molecule has 0 aliphatic heterocycles. The zero-order chi connectivity index (χ0) is 66.9. The molecule has 0 aromatic heterocycles. The van der Waals surface area contributed by atoms with Gasteiger partial charge in [-0.05, 0) is 141 Å². The lowest BCUT2D eigenvalue weighted by Gasteiger charge is -2.28. The molecular weight excluding hydrogens is 1160 g/mol. The number of esters is 2. The quantitative estimate of drug-likeness (QED) is 0.0195. The van der Waals surface area contributed by atoms with Crippen molar-refractivity contribution < 1.29 is 42.1 Å². The molecule has 0 N–H and O–H groups in total. The number of nitrogens with zero attached hydrogens (tertiary/aromatic N) is 1. The SMILES string of the molecule is CC/C=C\C/C=C\C/C=C\C/C=C\C/C=C\C/C=C\C/C=C\C/C=C\C/C=C\C/C=C\C/C=C\C/C=C\CCCCCCC(=O)OC(COC(=O)CCCCCCCCCCCCCCCC/C=C\C/C=C\C/C=C\C/C=C\CC)COP(=O)([O-])OCC[N+](C)(C)C. The predicted octanol–water partition coefficient (Wildman–Crippen LogP) is 23.4. The van der Waals surface area contributed by atoms with Gasteiger partial charge in [-0.3, -0.25) is 14.2 Å². The Kier molecular flexibility index (Phi) is 66.2. The summed E-state index contributed by atoms with van der Waals surface area (Å²) in [5.74, 6) is -0.874. The van der Waals surface area contributed by atoms with Crippen molar-refractivity contribution in [1.82, 2.24) is 0 Å². The van der Waals surface area contributed by atoms with Crippen molar-refractivity contribution in [1.29, 1.82) is 0 Å². The van der Waals surface area contributed by atoms with Gasteiger partial charge in [0.15, 0.2) is 6.10 Å². The summed E-state index contributed by atoms with van der Waals surface area (Å²) in [7, 11) is 1.12. The Balaban J connectivity index is 4.17. The number of allylic oxidation sites excluding steroid dienone is 32. The van der Waals surface area contributed by atoms with Crippen LogP contribution in [0.15, 0.2) is 194 Å². The molecule has 9 nitrogen and oxygen atoms in total. The number of quaternary nitrogens is 1. The average Bonchev–Trinajstić information content (AvgIpc) is 2.23. The third-order valence-corrected chi connectivity index (χ3v) is 15.6. The molecule has 0 spiro atoms. The van der Waals surface area contributed by atoms with E-state index in [1.54, 1.807) is 0 Å². The van der Waals surface area contributed by atoms with Crippen LogP contribution < -0.4 is 4.89 Å². The van der Waals surface area contributed by atoms with Gasteiger partial charge in [0.05, 0.1) is 27.7 Å². The van der Waals surface area contributed by atoms with E-state index in [1.165, 1.54) is 70.6 Å². The van der Waals surface area contributed by atoms with E-state index in [-0.39, 0.29) is 26.1 Å². The molecular formula is C82H132NO8P. The molecule has 0 bridgehead atoms. The minimum atomic E-state index is -4.66. The second kappa shape index (κ2) is 70.2. The summed E-state index contributed by atoms with van der Waals surface area (Å²) < 4.78 is 34.3. The molecule has 518 valence electrons. The summed E-state index contributed by atoms with van der Waals surface area (Å²) in [4.78, 5) is 38.1. The molecule has 0 saturated carbocycles. The fraction of sp³-hybridized carbons (Fsp3) is 0.585. The van der Waals surface area contributed by atoms with Gasteiger partial charge >= 0.3 is 11.9 Å². The number of hydrogen-bond donors (Lipinski definition) is 0. The largest absolute Gasteiger partial charge is 0.756 e. The van der Waals surface area contributed by atoms with E-state index < -0.39 is 32.5 Å². The Hall–Kier alpha value is -5.15. The van der Waals surface area contributed by atoms with Gasteiger partial charge < -0.3 is 27.9 Å². The van der Waals surface area contributed by atoms with Crippen molar-refractivity contribution in [3.8, 4) is 0 Å². The molecule has 0 aliphatic carbocycles. The van der Waals surface area contributed by atoms with Crippen LogP contribution in [0.1, 0.15) is 258 Å². The molecule has 2 atom stereocenters. The second-order valence-electron chi connectivity index (χ2n) is 24.5. The highest BCUT2D eigenvalue weighted by molar-refractivity contribution is 7.45. The maximum absolute atomic E-state index is 12.9. The molecule has 92 heavy (non-hydrogen) atoms. The van der Waals surface area contributed by atoms with Gasteiger partial charge in [-0.1, -0.05) is 298 Å². The van der Waals surface area contributed by atoms with E-state index in [9.17, 15) is 19.0 Å². The van der Waals surface area contributed by atoms with E-state index in [2.05, 4.69) is 208 Å². The highest BCUT2D eigenvalue weighted by atomic mass is 31.2. The topological polar surface area (TPSA) is 111 Å². The Morgan fingerprint density at radius 1 is 0.337 bits per heavy atom. The van der Waals surface area contributed by atoms with Crippen LogP contribution in [0.3, 0.4) is 0 Å². The normalized spacial score (nSPS) is 14.3. The first-order valence-electron chi connectivity index (χ1n) is 36.1. The van der Waals surface area contributed by atoms with E-state index >= 15 is 0 Å². The predicted molar refractivity (Wildman–Crippen MR) is 396 cm³/mol. The first kappa shape index (κ1) is 86.9. The lowest BCUT2D eigenvalue weighted by atomic mass is 10.0. The Morgan fingerprint density at radius 2 is 0.587 bits per heavy atom. The lowest BCUT2D eigenvalue weighted by Crippen LogP contribution is -2.37. The zero-order valence-electron chi connectivity index (χ0n) is 58.9. The van der Waals surface area contributed by atoms with Gasteiger partial charge in [-0.15, -0.1) is 0 Å². The summed E-state index contributed by atoms with van der Waals surface area (Å²) in [6.07, 6.45) is 109. The highest BCUT2D eigenvalue weighted by Gasteiger charge is 2.22. The van der Waals surface area contributed by atoms with Gasteiger partial charge in [0.2, 0.25) is 0 Å². The average molecular weight is 1290 g/mol. The summed E-state index contributed by atoms with van der Waals surface area (Å²) >= 11 is 0. The molecule has 0 aromatic rings. The molecule has 0 amide bonds. The van der Waals surface area contributed by atoms with Gasteiger partial charge in [-0.25, -0.2) is 0 Å². The summed E-state index contributed by atoms with van der Waals surface area (Å²) in [6.45, 7) is 3.97. The van der Waals surface area contributed by atoms with Crippen LogP contribution in [0.5, 0.6) is 0 Å². The molecule has 0 aliphatic rings. The second-order valence-corrected chi connectivity index (χ2v) is 25.9. The molecule has 0 saturated heterocycles. The molecule has 0 radical (unpaired) electrons. The highest BCUT2D eigenvalue weighted by Crippen LogP contribution is 2.38. The number of rotatable bonds is 64. The Morgan fingerprint density at radius 3 is 0.870 bits per heavy atom. The van der Waals surface area contributed by atoms with Crippen LogP contribution in [-0.4, -0.2) is 70.0 Å². The van der Waals surface area contributed by atoms with Crippen LogP contribution >= 0.6 is 7.82 Å². The molecule has 0 aromatic carbocycles. The van der Waals surface area contributed by atoms with E-state index in [0.29, 0.717) is 17.4 Å². The third-order valence-electron chi connectivity index (χ3n) is 14.6. The lowest BCUT2D eigenvalue weighted by molar-refractivity contribution is -0.870. The zero-order valence-corrected chi connectivity index (χ0v) is 59.8. The van der Waals surface area contributed by atoms with E-state index in [4.69, 9.17) is 18.5 Å². The minimum Gasteiger partial charge on any atom is -0.756 e. The molecule has 0 fully saturated rings. The van der Waals surface area contributed by atoms with Crippen molar-refractivity contribution in [2.45, 2.75) is 264 Å². The molecule has 0 heterocycles. The van der Waals surface area contributed by atoms with Crippen molar-refractivity contribution in [2.75, 3.05) is 47.5 Å².